The molecule has 1 aromatic carbocycles. The third kappa shape index (κ3) is 2.23. The fourth-order valence-corrected chi connectivity index (χ4v) is 2.63. The van der Waals surface area contributed by atoms with Crippen LogP contribution in [0, 0.1) is 13.8 Å². The van der Waals surface area contributed by atoms with E-state index in [9.17, 15) is 8.42 Å². The van der Waals surface area contributed by atoms with Gasteiger partial charge in [-0.25, -0.2) is 12.7 Å². The van der Waals surface area contributed by atoms with Crippen molar-refractivity contribution in [2.45, 2.75) is 18.7 Å². The zero-order valence-electron chi connectivity index (χ0n) is 10.7. The summed E-state index contributed by atoms with van der Waals surface area (Å²) in [5, 5.41) is 0. The standard InChI is InChI=1S/C11H18N2O3S/c1-7-6-9(17(14,15)13(3)4)11(16-5)10(12)8(7)2/h6H,12H2,1-5H3. The van der Waals surface area contributed by atoms with Crippen LogP contribution in [0.3, 0.4) is 0 Å². The highest BCUT2D eigenvalue weighted by molar-refractivity contribution is 7.89. The summed E-state index contributed by atoms with van der Waals surface area (Å²) in [7, 11) is 0.804. The van der Waals surface area contributed by atoms with Gasteiger partial charge in [0.2, 0.25) is 10.0 Å². The van der Waals surface area contributed by atoms with Crippen molar-refractivity contribution < 1.29 is 13.2 Å². The van der Waals surface area contributed by atoms with Crippen molar-refractivity contribution >= 4 is 15.7 Å². The van der Waals surface area contributed by atoms with Crippen LogP contribution >= 0.6 is 0 Å². The molecule has 5 nitrogen and oxygen atoms in total. The average Bonchev–Trinajstić information content (AvgIpc) is 2.25. The Labute approximate surface area is 102 Å². The number of aryl methyl sites for hydroxylation is 1. The van der Waals surface area contributed by atoms with E-state index in [1.54, 1.807) is 6.07 Å². The Kier molecular flexibility index (Phi) is 3.68. The lowest BCUT2D eigenvalue weighted by Gasteiger charge is -2.18. The van der Waals surface area contributed by atoms with E-state index < -0.39 is 10.0 Å². The molecule has 0 atom stereocenters. The van der Waals surface area contributed by atoms with Gasteiger partial charge in [-0.3, -0.25) is 0 Å². The van der Waals surface area contributed by atoms with Crippen molar-refractivity contribution in [2.75, 3.05) is 26.9 Å². The monoisotopic (exact) mass is 258 g/mol. The molecule has 0 radical (unpaired) electrons. The van der Waals surface area contributed by atoms with Gasteiger partial charge in [-0.1, -0.05) is 0 Å². The first kappa shape index (κ1) is 13.8. The van der Waals surface area contributed by atoms with Gasteiger partial charge in [0.05, 0.1) is 12.8 Å². The molecule has 1 aromatic rings. The molecule has 2 N–H and O–H groups in total. The molecule has 0 fully saturated rings. The first-order chi connectivity index (χ1) is 7.73. The van der Waals surface area contributed by atoms with Gasteiger partial charge in [-0.2, -0.15) is 0 Å². The van der Waals surface area contributed by atoms with Crippen molar-refractivity contribution in [3.8, 4) is 5.75 Å². The van der Waals surface area contributed by atoms with Crippen molar-refractivity contribution in [1.82, 2.24) is 4.31 Å². The third-order valence-corrected chi connectivity index (χ3v) is 4.59. The smallest absolute Gasteiger partial charge is 0.246 e. The summed E-state index contributed by atoms with van der Waals surface area (Å²) in [6, 6.07) is 1.58. The van der Waals surface area contributed by atoms with E-state index in [1.165, 1.54) is 21.2 Å². The number of methoxy groups -OCH3 is 1. The largest absolute Gasteiger partial charge is 0.493 e. The second-order valence-corrected chi connectivity index (χ2v) is 6.17. The number of rotatable bonds is 3. The molecule has 0 heterocycles. The maximum Gasteiger partial charge on any atom is 0.246 e. The Morgan fingerprint density at radius 3 is 2.24 bits per heavy atom. The summed E-state index contributed by atoms with van der Waals surface area (Å²) >= 11 is 0. The lowest BCUT2D eigenvalue weighted by atomic mass is 10.1. The zero-order valence-corrected chi connectivity index (χ0v) is 11.6. The number of nitrogens with zero attached hydrogens (tertiary/aromatic N) is 1. The summed E-state index contributed by atoms with van der Waals surface area (Å²) in [4.78, 5) is 0.102. The summed E-state index contributed by atoms with van der Waals surface area (Å²) in [5.41, 5.74) is 7.91. The van der Waals surface area contributed by atoms with Crippen LogP contribution in [0.15, 0.2) is 11.0 Å². The Bertz CT molecular complexity index is 536. The number of sulfonamides is 1. The minimum absolute atomic E-state index is 0.102. The molecule has 96 valence electrons. The highest BCUT2D eigenvalue weighted by atomic mass is 32.2. The van der Waals surface area contributed by atoms with Crippen LogP contribution in [-0.4, -0.2) is 33.9 Å². The molecule has 0 bridgehead atoms. The normalized spacial score (nSPS) is 11.9. The van der Waals surface area contributed by atoms with Crippen LogP contribution in [0.25, 0.3) is 0 Å². The van der Waals surface area contributed by atoms with Gasteiger partial charge >= 0.3 is 0 Å². The first-order valence-electron chi connectivity index (χ1n) is 5.09. The Morgan fingerprint density at radius 2 is 1.82 bits per heavy atom. The minimum Gasteiger partial charge on any atom is -0.493 e. The summed E-state index contributed by atoms with van der Waals surface area (Å²) in [6.45, 7) is 3.65. The van der Waals surface area contributed by atoms with E-state index in [1.807, 2.05) is 13.8 Å². The molecular weight excluding hydrogens is 240 g/mol. The van der Waals surface area contributed by atoms with E-state index in [0.717, 1.165) is 15.4 Å². The Hall–Kier alpha value is -1.27. The maximum atomic E-state index is 12.1. The van der Waals surface area contributed by atoms with Gasteiger partial charge in [0.25, 0.3) is 0 Å². The number of hydrogen-bond donors (Lipinski definition) is 1. The molecule has 0 saturated carbocycles. The van der Waals surface area contributed by atoms with E-state index in [0.29, 0.717) is 5.69 Å². The lowest BCUT2D eigenvalue weighted by Crippen LogP contribution is -2.23. The molecule has 0 aliphatic heterocycles. The molecule has 0 aliphatic carbocycles. The van der Waals surface area contributed by atoms with Crippen LogP contribution in [0.2, 0.25) is 0 Å². The highest BCUT2D eigenvalue weighted by Gasteiger charge is 2.25. The number of nitrogen functional groups attached to an aromatic ring is 1. The van der Waals surface area contributed by atoms with Crippen LogP contribution in [0.1, 0.15) is 11.1 Å². The number of anilines is 1. The number of hydrogen-bond acceptors (Lipinski definition) is 4. The number of benzene rings is 1. The third-order valence-electron chi connectivity index (χ3n) is 2.77. The summed E-state index contributed by atoms with van der Waals surface area (Å²) in [6.07, 6.45) is 0. The van der Waals surface area contributed by atoms with E-state index in [2.05, 4.69) is 0 Å². The highest BCUT2D eigenvalue weighted by Crippen LogP contribution is 2.35. The van der Waals surface area contributed by atoms with Crippen LogP contribution < -0.4 is 10.5 Å². The van der Waals surface area contributed by atoms with Crippen molar-refractivity contribution in [3.05, 3.63) is 17.2 Å². The van der Waals surface area contributed by atoms with Gasteiger partial charge in [-0.15, -0.1) is 0 Å². The predicted molar refractivity (Wildman–Crippen MR) is 67.8 cm³/mol. The van der Waals surface area contributed by atoms with E-state index in [4.69, 9.17) is 10.5 Å². The maximum absolute atomic E-state index is 12.1. The van der Waals surface area contributed by atoms with Crippen LogP contribution in [0.4, 0.5) is 5.69 Å². The van der Waals surface area contributed by atoms with Crippen LogP contribution in [0.5, 0.6) is 5.75 Å². The van der Waals surface area contributed by atoms with Crippen molar-refractivity contribution in [3.63, 3.8) is 0 Å². The molecule has 1 rings (SSSR count). The number of ether oxygens (including phenoxy) is 1. The molecule has 0 spiro atoms. The van der Waals surface area contributed by atoms with Gasteiger partial charge in [0.1, 0.15) is 4.90 Å². The fourth-order valence-electron chi connectivity index (χ4n) is 1.48. The quantitative estimate of drug-likeness (QED) is 0.825. The molecule has 0 saturated heterocycles. The van der Waals surface area contributed by atoms with Gasteiger partial charge < -0.3 is 10.5 Å². The molecule has 0 amide bonds. The summed E-state index contributed by atoms with van der Waals surface area (Å²) in [5.74, 6) is 0.210. The minimum atomic E-state index is -3.55. The molecule has 0 unspecified atom stereocenters. The van der Waals surface area contributed by atoms with Gasteiger partial charge in [0.15, 0.2) is 5.75 Å². The zero-order chi connectivity index (χ0) is 13.4. The topological polar surface area (TPSA) is 72.6 Å². The van der Waals surface area contributed by atoms with Crippen molar-refractivity contribution in [1.29, 1.82) is 0 Å². The predicted octanol–water partition coefficient (Wildman–Crippen LogP) is 1.14. The Balaban J connectivity index is 3.66. The van der Waals surface area contributed by atoms with Crippen molar-refractivity contribution in [2.24, 2.45) is 0 Å². The van der Waals surface area contributed by atoms with E-state index in [-0.39, 0.29) is 10.6 Å². The molecule has 0 aromatic heterocycles. The second-order valence-electron chi connectivity index (χ2n) is 4.05. The summed E-state index contributed by atoms with van der Waals surface area (Å²) < 4.78 is 30.5. The second kappa shape index (κ2) is 4.54. The average molecular weight is 258 g/mol. The molecule has 6 heteroatoms. The van der Waals surface area contributed by atoms with E-state index >= 15 is 0 Å². The molecular formula is C11H18N2O3S. The van der Waals surface area contributed by atoms with Gasteiger partial charge in [0, 0.05) is 14.1 Å². The van der Waals surface area contributed by atoms with Gasteiger partial charge in [-0.05, 0) is 31.0 Å². The van der Waals surface area contributed by atoms with Crippen LogP contribution in [-0.2, 0) is 10.0 Å². The lowest BCUT2D eigenvalue weighted by molar-refractivity contribution is 0.402. The Morgan fingerprint density at radius 1 is 1.29 bits per heavy atom. The first-order valence-corrected chi connectivity index (χ1v) is 6.53. The SMILES string of the molecule is COc1c(S(=O)(=O)N(C)C)cc(C)c(C)c1N. The fraction of sp³-hybridized carbons (Fsp3) is 0.455. The number of nitrogens with two attached hydrogens (primary N) is 1. The molecule has 0 aliphatic rings. The molecule has 17 heavy (non-hydrogen) atoms.